The van der Waals surface area contributed by atoms with Crippen molar-refractivity contribution < 1.29 is 5.11 Å². The Morgan fingerprint density at radius 2 is 1.85 bits per heavy atom. The van der Waals surface area contributed by atoms with Gasteiger partial charge in [0.05, 0.1) is 6.10 Å². The topological polar surface area (TPSA) is 20.2 Å². The van der Waals surface area contributed by atoms with E-state index in [1.165, 1.54) is 5.57 Å². The summed E-state index contributed by atoms with van der Waals surface area (Å²) in [6.45, 7) is 7.75. The van der Waals surface area contributed by atoms with Gasteiger partial charge in [-0.1, -0.05) is 33.7 Å². The highest BCUT2D eigenvalue weighted by molar-refractivity contribution is 9.11. The van der Waals surface area contributed by atoms with Gasteiger partial charge in [-0.25, -0.2) is 0 Å². The normalized spacial score (nSPS) is 14.8. The smallest absolute Gasteiger partial charge is 0.0758 e. The Labute approximate surface area is 89.0 Å². The molecule has 2 heteroatoms. The van der Waals surface area contributed by atoms with Crippen molar-refractivity contribution in [1.82, 2.24) is 0 Å². The van der Waals surface area contributed by atoms with Gasteiger partial charge in [-0.2, -0.15) is 0 Å². The quantitative estimate of drug-likeness (QED) is 0.754. The predicted octanol–water partition coefficient (Wildman–Crippen LogP) is 3.56. The van der Waals surface area contributed by atoms with Crippen LogP contribution in [-0.2, 0) is 0 Å². The van der Waals surface area contributed by atoms with Crippen LogP contribution in [-0.4, -0.2) is 11.2 Å². The summed E-state index contributed by atoms with van der Waals surface area (Å²) >= 11 is 3.43. The number of hydrogen-bond acceptors (Lipinski definition) is 1. The van der Waals surface area contributed by atoms with Crippen molar-refractivity contribution in [2.75, 3.05) is 0 Å². The largest absolute Gasteiger partial charge is 0.389 e. The highest BCUT2D eigenvalue weighted by Crippen LogP contribution is 2.14. The Morgan fingerprint density at radius 1 is 1.31 bits per heavy atom. The molecule has 13 heavy (non-hydrogen) atoms. The van der Waals surface area contributed by atoms with Crippen LogP contribution in [0.1, 0.15) is 27.7 Å². The summed E-state index contributed by atoms with van der Waals surface area (Å²) in [6, 6.07) is 0. The molecule has 0 aromatic carbocycles. The second kappa shape index (κ2) is 6.17. The molecular weight excluding hydrogens is 228 g/mol. The van der Waals surface area contributed by atoms with Crippen LogP contribution in [0.5, 0.6) is 0 Å². The van der Waals surface area contributed by atoms with Gasteiger partial charge in [-0.3, -0.25) is 0 Å². The maximum absolute atomic E-state index is 9.31. The van der Waals surface area contributed by atoms with Crippen LogP contribution in [0.4, 0.5) is 0 Å². The summed E-state index contributed by atoms with van der Waals surface area (Å²) in [5.41, 5.74) is 2.15. The van der Waals surface area contributed by atoms with Crippen molar-refractivity contribution in [2.24, 2.45) is 0 Å². The molecule has 0 bridgehead atoms. The van der Waals surface area contributed by atoms with Gasteiger partial charge in [0.25, 0.3) is 0 Å². The van der Waals surface area contributed by atoms with Crippen molar-refractivity contribution in [2.45, 2.75) is 33.8 Å². The minimum Gasteiger partial charge on any atom is -0.389 e. The van der Waals surface area contributed by atoms with Crippen LogP contribution >= 0.6 is 15.9 Å². The number of aliphatic hydroxyl groups excluding tert-OH is 1. The first-order valence-electron chi connectivity index (χ1n) is 4.34. The second-order valence-electron chi connectivity index (χ2n) is 3.15. The Bertz CT molecular complexity index is 243. The standard InChI is InChI=1S/C11H17BrO/c1-5-10(9(4)13)6-7-11(12)8(2)3/h5-7,9,13H,1-4H3/b7-6-,10-5+. The van der Waals surface area contributed by atoms with Gasteiger partial charge < -0.3 is 5.11 Å². The molecular formula is C11H17BrO. The van der Waals surface area contributed by atoms with E-state index in [9.17, 15) is 5.11 Å². The molecule has 0 spiro atoms. The van der Waals surface area contributed by atoms with Gasteiger partial charge >= 0.3 is 0 Å². The van der Waals surface area contributed by atoms with E-state index in [0.29, 0.717) is 0 Å². The van der Waals surface area contributed by atoms with Crippen molar-refractivity contribution >= 4 is 15.9 Å². The maximum Gasteiger partial charge on any atom is 0.0758 e. The van der Waals surface area contributed by atoms with Crippen LogP contribution in [0, 0.1) is 0 Å². The first-order valence-corrected chi connectivity index (χ1v) is 5.13. The molecule has 1 atom stereocenters. The molecule has 1 N–H and O–H groups in total. The van der Waals surface area contributed by atoms with E-state index in [1.54, 1.807) is 6.92 Å². The van der Waals surface area contributed by atoms with Crippen LogP contribution in [0.15, 0.2) is 33.9 Å². The van der Waals surface area contributed by atoms with Crippen LogP contribution in [0.3, 0.4) is 0 Å². The molecule has 1 unspecified atom stereocenters. The molecule has 0 amide bonds. The lowest BCUT2D eigenvalue weighted by Crippen LogP contribution is -2.01. The summed E-state index contributed by atoms with van der Waals surface area (Å²) in [6.07, 6.45) is 5.38. The lowest BCUT2D eigenvalue weighted by atomic mass is 10.1. The lowest BCUT2D eigenvalue weighted by Gasteiger charge is -2.03. The molecule has 0 aliphatic heterocycles. The molecule has 0 saturated carbocycles. The molecule has 0 aromatic heterocycles. The van der Waals surface area contributed by atoms with Crippen LogP contribution < -0.4 is 0 Å². The number of halogens is 1. The zero-order chi connectivity index (χ0) is 10.4. The Morgan fingerprint density at radius 3 is 2.15 bits per heavy atom. The minimum absolute atomic E-state index is 0.404. The third kappa shape index (κ3) is 5.06. The zero-order valence-corrected chi connectivity index (χ0v) is 10.2. The number of allylic oxidation sites excluding steroid dienone is 4. The number of aliphatic hydroxyl groups is 1. The van der Waals surface area contributed by atoms with E-state index in [2.05, 4.69) is 15.9 Å². The zero-order valence-electron chi connectivity index (χ0n) is 8.63. The van der Waals surface area contributed by atoms with E-state index >= 15 is 0 Å². The van der Waals surface area contributed by atoms with Crippen molar-refractivity contribution in [1.29, 1.82) is 0 Å². The SMILES string of the molecule is C/C=C(\C=C/C(Br)=C(C)C)C(C)O. The maximum atomic E-state index is 9.31. The lowest BCUT2D eigenvalue weighted by molar-refractivity contribution is 0.235. The highest BCUT2D eigenvalue weighted by atomic mass is 79.9. The average Bonchev–Trinajstić information content (AvgIpc) is 2.04. The first kappa shape index (κ1) is 12.7. The summed E-state index contributed by atoms with van der Waals surface area (Å²) in [4.78, 5) is 0. The fourth-order valence-electron chi connectivity index (χ4n) is 0.813. The molecule has 0 aromatic rings. The fraction of sp³-hybridized carbons (Fsp3) is 0.455. The molecule has 0 saturated heterocycles. The van der Waals surface area contributed by atoms with Crippen molar-refractivity contribution in [3.8, 4) is 0 Å². The van der Waals surface area contributed by atoms with E-state index < -0.39 is 6.10 Å². The first-order chi connectivity index (χ1) is 5.99. The van der Waals surface area contributed by atoms with Gasteiger partial charge in [-0.05, 0) is 39.3 Å². The predicted molar refractivity (Wildman–Crippen MR) is 61.9 cm³/mol. The summed E-state index contributed by atoms with van der Waals surface area (Å²) in [5, 5.41) is 9.31. The monoisotopic (exact) mass is 244 g/mol. The Hall–Kier alpha value is -0.340. The van der Waals surface area contributed by atoms with Crippen molar-refractivity contribution in [3.05, 3.63) is 33.9 Å². The fourth-order valence-corrected chi connectivity index (χ4v) is 0.945. The Kier molecular flexibility index (Phi) is 6.00. The van der Waals surface area contributed by atoms with E-state index in [4.69, 9.17) is 0 Å². The van der Waals surface area contributed by atoms with Crippen LogP contribution in [0.2, 0.25) is 0 Å². The second-order valence-corrected chi connectivity index (χ2v) is 4.00. The van der Waals surface area contributed by atoms with Gasteiger partial charge in [0.15, 0.2) is 0 Å². The van der Waals surface area contributed by atoms with Gasteiger partial charge in [-0.15, -0.1) is 0 Å². The van der Waals surface area contributed by atoms with Gasteiger partial charge in [0.1, 0.15) is 0 Å². The molecule has 1 nitrogen and oxygen atoms in total. The number of hydrogen-bond donors (Lipinski definition) is 1. The minimum atomic E-state index is -0.404. The number of rotatable bonds is 3. The van der Waals surface area contributed by atoms with Gasteiger partial charge in [0.2, 0.25) is 0 Å². The third-order valence-electron chi connectivity index (χ3n) is 1.72. The van der Waals surface area contributed by atoms with Crippen molar-refractivity contribution in [3.63, 3.8) is 0 Å². The van der Waals surface area contributed by atoms with E-state index in [0.717, 1.165) is 10.1 Å². The average molecular weight is 245 g/mol. The van der Waals surface area contributed by atoms with E-state index in [1.807, 2.05) is 39.0 Å². The molecule has 0 aliphatic carbocycles. The summed E-state index contributed by atoms with van der Waals surface area (Å²) < 4.78 is 1.06. The van der Waals surface area contributed by atoms with Gasteiger partial charge in [0, 0.05) is 4.48 Å². The molecule has 74 valence electrons. The summed E-state index contributed by atoms with van der Waals surface area (Å²) in [5.74, 6) is 0. The summed E-state index contributed by atoms with van der Waals surface area (Å²) in [7, 11) is 0. The third-order valence-corrected chi connectivity index (χ3v) is 2.77. The molecule has 0 fully saturated rings. The molecule has 0 rings (SSSR count). The van der Waals surface area contributed by atoms with Crippen LogP contribution in [0.25, 0.3) is 0 Å². The highest BCUT2D eigenvalue weighted by Gasteiger charge is 1.98. The molecule has 0 aliphatic rings. The molecule has 0 heterocycles. The Balaban J connectivity index is 4.52. The molecule has 0 radical (unpaired) electrons. The van der Waals surface area contributed by atoms with E-state index in [-0.39, 0.29) is 0 Å².